The summed E-state index contributed by atoms with van der Waals surface area (Å²) in [4.78, 5) is 11.2. The summed E-state index contributed by atoms with van der Waals surface area (Å²) in [5.41, 5.74) is 0.859. The third-order valence-corrected chi connectivity index (χ3v) is 3.54. The molecular formula is C16H16BrNO3. The molecule has 0 saturated carbocycles. The van der Waals surface area contributed by atoms with E-state index >= 15 is 0 Å². The molecule has 5 heteroatoms. The Labute approximate surface area is 131 Å². The van der Waals surface area contributed by atoms with Crippen molar-refractivity contribution in [2.24, 2.45) is 0 Å². The summed E-state index contributed by atoms with van der Waals surface area (Å²) >= 11 is 3.26. The fourth-order valence-electron chi connectivity index (χ4n) is 1.89. The molecule has 0 aliphatic rings. The molecule has 0 heterocycles. The normalized spacial score (nSPS) is 10.1. The number of hydrogen-bond donors (Lipinski definition) is 2. The Morgan fingerprint density at radius 3 is 2.62 bits per heavy atom. The number of ether oxygens (including phenoxy) is 1. The molecule has 110 valence electrons. The Bertz CT molecular complexity index is 602. The molecule has 21 heavy (non-hydrogen) atoms. The molecule has 0 amide bonds. The fourth-order valence-corrected chi connectivity index (χ4v) is 2.43. The predicted molar refractivity (Wildman–Crippen MR) is 86.1 cm³/mol. The van der Waals surface area contributed by atoms with Gasteiger partial charge in [-0.3, -0.25) is 0 Å². The van der Waals surface area contributed by atoms with Crippen molar-refractivity contribution < 1.29 is 14.6 Å². The molecule has 0 radical (unpaired) electrons. The first-order valence-electron chi connectivity index (χ1n) is 6.62. The highest BCUT2D eigenvalue weighted by atomic mass is 79.9. The number of benzene rings is 2. The first-order valence-corrected chi connectivity index (χ1v) is 7.41. The van der Waals surface area contributed by atoms with Crippen LogP contribution in [0.2, 0.25) is 0 Å². The number of carbonyl (C=O) groups is 1. The van der Waals surface area contributed by atoms with Crippen LogP contribution in [0, 0.1) is 0 Å². The van der Waals surface area contributed by atoms with Crippen LogP contribution in [0.1, 0.15) is 16.8 Å². The molecule has 2 aromatic rings. The van der Waals surface area contributed by atoms with Crippen molar-refractivity contribution >= 4 is 27.6 Å². The monoisotopic (exact) mass is 349 g/mol. The van der Waals surface area contributed by atoms with Gasteiger partial charge < -0.3 is 15.2 Å². The Hall–Kier alpha value is -2.01. The summed E-state index contributed by atoms with van der Waals surface area (Å²) in [5, 5.41) is 12.3. The number of rotatable bonds is 7. The lowest BCUT2D eigenvalue weighted by atomic mass is 10.2. The van der Waals surface area contributed by atoms with Crippen LogP contribution in [0.15, 0.2) is 53.0 Å². The molecule has 0 saturated heterocycles. The van der Waals surface area contributed by atoms with E-state index in [0.717, 1.165) is 12.2 Å². The fraction of sp³-hybridized carbons (Fsp3) is 0.188. The van der Waals surface area contributed by atoms with Crippen LogP contribution >= 0.6 is 15.9 Å². The van der Waals surface area contributed by atoms with E-state index in [1.807, 2.05) is 30.3 Å². The minimum atomic E-state index is -0.953. The highest BCUT2D eigenvalue weighted by Gasteiger charge is 2.13. The molecule has 0 bridgehead atoms. The van der Waals surface area contributed by atoms with Crippen LogP contribution in [-0.2, 0) is 0 Å². The van der Waals surface area contributed by atoms with Crippen molar-refractivity contribution in [1.82, 2.24) is 0 Å². The first kappa shape index (κ1) is 15.4. The SMILES string of the molecule is O=C(O)c1c(Br)cccc1NCCCOc1ccccc1. The molecule has 0 unspecified atom stereocenters. The van der Waals surface area contributed by atoms with Gasteiger partial charge in [0.15, 0.2) is 0 Å². The van der Waals surface area contributed by atoms with Gasteiger partial charge in [0.25, 0.3) is 0 Å². The van der Waals surface area contributed by atoms with Gasteiger partial charge in [-0.05, 0) is 46.6 Å². The average Bonchev–Trinajstić information content (AvgIpc) is 2.47. The van der Waals surface area contributed by atoms with Crippen LogP contribution in [0.4, 0.5) is 5.69 Å². The van der Waals surface area contributed by atoms with Gasteiger partial charge >= 0.3 is 5.97 Å². The summed E-state index contributed by atoms with van der Waals surface area (Å²) in [7, 11) is 0. The van der Waals surface area contributed by atoms with Crippen molar-refractivity contribution in [2.75, 3.05) is 18.5 Å². The van der Waals surface area contributed by atoms with E-state index in [9.17, 15) is 9.90 Å². The number of carboxylic acids is 1. The van der Waals surface area contributed by atoms with E-state index in [2.05, 4.69) is 21.2 Å². The van der Waals surface area contributed by atoms with Crippen LogP contribution in [0.3, 0.4) is 0 Å². The largest absolute Gasteiger partial charge is 0.494 e. The zero-order chi connectivity index (χ0) is 15.1. The summed E-state index contributed by atoms with van der Waals surface area (Å²) in [5.74, 6) is -0.114. The van der Waals surface area contributed by atoms with Crippen molar-refractivity contribution in [2.45, 2.75) is 6.42 Å². The number of hydrogen-bond acceptors (Lipinski definition) is 3. The predicted octanol–water partition coefficient (Wildman–Crippen LogP) is 4.03. The maximum atomic E-state index is 11.2. The van der Waals surface area contributed by atoms with Gasteiger partial charge in [0, 0.05) is 16.7 Å². The van der Waals surface area contributed by atoms with Crippen LogP contribution in [-0.4, -0.2) is 24.2 Å². The van der Waals surface area contributed by atoms with E-state index < -0.39 is 5.97 Å². The number of nitrogens with one attached hydrogen (secondary N) is 1. The molecule has 4 nitrogen and oxygen atoms in total. The van der Waals surface area contributed by atoms with E-state index in [1.165, 1.54) is 0 Å². The smallest absolute Gasteiger partial charge is 0.338 e. The van der Waals surface area contributed by atoms with Gasteiger partial charge in [0.2, 0.25) is 0 Å². The third-order valence-electron chi connectivity index (χ3n) is 2.88. The van der Waals surface area contributed by atoms with Gasteiger partial charge in [0.1, 0.15) is 5.75 Å². The molecule has 0 aliphatic heterocycles. The van der Waals surface area contributed by atoms with Gasteiger partial charge in [-0.25, -0.2) is 4.79 Å². The number of para-hydroxylation sites is 1. The molecule has 0 aliphatic carbocycles. The zero-order valence-corrected chi connectivity index (χ0v) is 13.0. The number of carboxylic acid groups (broad SMARTS) is 1. The summed E-state index contributed by atoms with van der Waals surface area (Å²) < 4.78 is 6.15. The molecular weight excluding hydrogens is 334 g/mol. The van der Waals surface area contributed by atoms with Gasteiger partial charge in [-0.1, -0.05) is 24.3 Å². The molecule has 0 fully saturated rings. The zero-order valence-electron chi connectivity index (χ0n) is 11.4. The Morgan fingerprint density at radius 2 is 1.90 bits per heavy atom. The first-order chi connectivity index (χ1) is 10.2. The van der Waals surface area contributed by atoms with E-state index in [4.69, 9.17) is 4.74 Å². The van der Waals surface area contributed by atoms with Gasteiger partial charge in [-0.15, -0.1) is 0 Å². The molecule has 0 spiro atoms. The molecule has 0 aromatic heterocycles. The summed E-state index contributed by atoms with van der Waals surface area (Å²) in [6.07, 6.45) is 0.778. The Morgan fingerprint density at radius 1 is 1.14 bits per heavy atom. The second-order valence-electron chi connectivity index (χ2n) is 4.41. The minimum absolute atomic E-state index is 0.251. The molecule has 2 aromatic carbocycles. The highest BCUT2D eigenvalue weighted by Crippen LogP contribution is 2.24. The average molecular weight is 350 g/mol. The van der Waals surface area contributed by atoms with Crippen molar-refractivity contribution in [3.8, 4) is 5.75 Å². The summed E-state index contributed by atoms with van der Waals surface area (Å²) in [6.45, 7) is 1.22. The highest BCUT2D eigenvalue weighted by molar-refractivity contribution is 9.10. The van der Waals surface area contributed by atoms with Crippen molar-refractivity contribution in [3.63, 3.8) is 0 Å². The third kappa shape index (κ3) is 4.49. The number of anilines is 1. The quantitative estimate of drug-likeness (QED) is 0.741. The second kappa shape index (κ2) is 7.69. The maximum Gasteiger partial charge on any atom is 0.338 e. The van der Waals surface area contributed by atoms with Crippen molar-refractivity contribution in [1.29, 1.82) is 0 Å². The van der Waals surface area contributed by atoms with Crippen LogP contribution in [0.5, 0.6) is 5.75 Å². The van der Waals surface area contributed by atoms with Gasteiger partial charge in [0.05, 0.1) is 12.2 Å². The second-order valence-corrected chi connectivity index (χ2v) is 5.26. The molecule has 2 rings (SSSR count). The van der Waals surface area contributed by atoms with Crippen molar-refractivity contribution in [3.05, 3.63) is 58.6 Å². The number of aromatic carboxylic acids is 1. The topological polar surface area (TPSA) is 58.6 Å². The Balaban J connectivity index is 1.81. The molecule has 0 atom stereocenters. The van der Waals surface area contributed by atoms with E-state index in [1.54, 1.807) is 18.2 Å². The minimum Gasteiger partial charge on any atom is -0.494 e. The molecule has 2 N–H and O–H groups in total. The van der Waals surface area contributed by atoms with Crippen LogP contribution < -0.4 is 10.1 Å². The van der Waals surface area contributed by atoms with Crippen LogP contribution in [0.25, 0.3) is 0 Å². The standard InChI is InChI=1S/C16H16BrNO3/c17-13-8-4-9-14(15(13)16(19)20)18-10-5-11-21-12-6-2-1-3-7-12/h1-4,6-9,18H,5,10-11H2,(H,19,20). The Kier molecular flexibility index (Phi) is 5.63. The summed E-state index contributed by atoms with van der Waals surface area (Å²) in [6, 6.07) is 14.9. The van der Waals surface area contributed by atoms with E-state index in [-0.39, 0.29) is 5.56 Å². The lowest BCUT2D eigenvalue weighted by molar-refractivity contribution is 0.0697. The van der Waals surface area contributed by atoms with Gasteiger partial charge in [-0.2, -0.15) is 0 Å². The lowest BCUT2D eigenvalue weighted by Crippen LogP contribution is -2.11. The van der Waals surface area contributed by atoms with E-state index in [0.29, 0.717) is 23.3 Å². The maximum absolute atomic E-state index is 11.2. The lowest BCUT2D eigenvalue weighted by Gasteiger charge is -2.11. The number of halogens is 1.